The van der Waals surface area contributed by atoms with Crippen LogP contribution in [0.5, 0.6) is 11.8 Å². The van der Waals surface area contributed by atoms with E-state index in [1.807, 2.05) is 7.05 Å². The van der Waals surface area contributed by atoms with Crippen molar-refractivity contribution in [2.24, 2.45) is 7.05 Å². The first-order valence-corrected chi connectivity index (χ1v) is 5.26. The van der Waals surface area contributed by atoms with Crippen LogP contribution in [0.4, 0.5) is 0 Å². The average molecular weight is 250 g/mol. The first-order valence-electron chi connectivity index (χ1n) is 5.26. The monoisotopic (exact) mass is 250 g/mol. The van der Waals surface area contributed by atoms with Gasteiger partial charge in [0.15, 0.2) is 0 Å². The van der Waals surface area contributed by atoms with Crippen LogP contribution < -0.4 is 9.47 Å². The minimum absolute atomic E-state index is 0.215. The van der Waals surface area contributed by atoms with Crippen molar-refractivity contribution < 1.29 is 14.6 Å². The Morgan fingerprint density at radius 1 is 1.28 bits per heavy atom. The van der Waals surface area contributed by atoms with Crippen molar-refractivity contribution in [3.05, 3.63) is 30.1 Å². The van der Waals surface area contributed by atoms with E-state index >= 15 is 0 Å². The third-order valence-corrected chi connectivity index (χ3v) is 2.41. The Labute approximate surface area is 104 Å². The first kappa shape index (κ1) is 12.3. The van der Waals surface area contributed by atoms with E-state index in [-0.39, 0.29) is 5.88 Å². The Morgan fingerprint density at radius 2 is 2.06 bits per heavy atom. The first-order chi connectivity index (χ1) is 8.65. The molecule has 1 atom stereocenters. The van der Waals surface area contributed by atoms with Gasteiger partial charge in [-0.3, -0.25) is 0 Å². The molecule has 1 N–H and O–H groups in total. The Kier molecular flexibility index (Phi) is 3.42. The van der Waals surface area contributed by atoms with Gasteiger partial charge in [-0.05, 0) is 0 Å². The van der Waals surface area contributed by atoms with E-state index in [1.54, 1.807) is 17.1 Å². The van der Waals surface area contributed by atoms with Crippen molar-refractivity contribution >= 4 is 0 Å². The predicted molar refractivity (Wildman–Crippen MR) is 62.4 cm³/mol. The van der Waals surface area contributed by atoms with Crippen molar-refractivity contribution in [1.82, 2.24) is 19.5 Å². The Balaban J connectivity index is 2.38. The summed E-state index contributed by atoms with van der Waals surface area (Å²) in [6, 6.07) is 0. The lowest BCUT2D eigenvalue weighted by Crippen LogP contribution is -2.07. The Hall–Kier alpha value is -2.15. The fraction of sp³-hybridized carbons (Fsp3) is 0.364. The topological polar surface area (TPSA) is 82.3 Å². The van der Waals surface area contributed by atoms with Gasteiger partial charge in [0.25, 0.3) is 0 Å². The van der Waals surface area contributed by atoms with Gasteiger partial charge in [0, 0.05) is 13.2 Å². The molecular weight excluding hydrogens is 236 g/mol. The van der Waals surface area contributed by atoms with Gasteiger partial charge in [-0.15, -0.1) is 0 Å². The highest BCUT2D eigenvalue weighted by molar-refractivity contribution is 5.29. The molecule has 2 aromatic heterocycles. The molecule has 0 aliphatic heterocycles. The van der Waals surface area contributed by atoms with E-state index in [1.165, 1.54) is 20.4 Å². The van der Waals surface area contributed by atoms with Gasteiger partial charge in [0.05, 0.1) is 32.4 Å². The lowest BCUT2D eigenvalue weighted by atomic mass is 10.2. The van der Waals surface area contributed by atoms with Gasteiger partial charge in [-0.1, -0.05) is 0 Å². The van der Waals surface area contributed by atoms with Crippen LogP contribution in [0.2, 0.25) is 0 Å². The summed E-state index contributed by atoms with van der Waals surface area (Å²) in [6.07, 6.45) is 3.74. The maximum absolute atomic E-state index is 10.2. The molecule has 2 heterocycles. The minimum Gasteiger partial charge on any atom is -0.480 e. The predicted octanol–water partition coefficient (Wildman–Crippen LogP) is 0.309. The molecular formula is C11H14N4O3. The number of imidazole rings is 1. The van der Waals surface area contributed by atoms with Crippen molar-refractivity contribution in [1.29, 1.82) is 0 Å². The zero-order chi connectivity index (χ0) is 13.1. The smallest absolute Gasteiger partial charge is 0.241 e. The maximum atomic E-state index is 10.2. The maximum Gasteiger partial charge on any atom is 0.241 e. The van der Waals surface area contributed by atoms with Crippen LogP contribution in [0.15, 0.2) is 18.7 Å². The summed E-state index contributed by atoms with van der Waals surface area (Å²) in [5.41, 5.74) is 0.785. The number of hydrogen-bond donors (Lipinski definition) is 1. The summed E-state index contributed by atoms with van der Waals surface area (Å²) in [6.45, 7) is 0. The molecule has 7 heteroatoms. The quantitative estimate of drug-likeness (QED) is 0.841. The molecule has 7 nitrogen and oxygen atoms in total. The zero-order valence-corrected chi connectivity index (χ0v) is 10.4. The van der Waals surface area contributed by atoms with Crippen LogP contribution in [0.1, 0.15) is 17.5 Å². The second kappa shape index (κ2) is 5.01. The molecule has 0 aromatic carbocycles. The lowest BCUT2D eigenvalue weighted by molar-refractivity contribution is 0.202. The van der Waals surface area contributed by atoms with E-state index < -0.39 is 6.10 Å². The van der Waals surface area contributed by atoms with Crippen LogP contribution in [0.3, 0.4) is 0 Å². The fourth-order valence-corrected chi connectivity index (χ4v) is 1.52. The van der Waals surface area contributed by atoms with Crippen LogP contribution in [0, 0.1) is 0 Å². The molecule has 1 unspecified atom stereocenters. The van der Waals surface area contributed by atoms with Crippen LogP contribution in [0.25, 0.3) is 0 Å². The summed E-state index contributed by atoms with van der Waals surface area (Å²) in [5, 5.41) is 10.2. The molecule has 0 spiro atoms. The Bertz CT molecular complexity index is 541. The second-order valence-corrected chi connectivity index (χ2v) is 3.67. The number of rotatable bonds is 4. The molecule has 2 aromatic rings. The number of methoxy groups -OCH3 is 2. The number of nitrogens with zero attached hydrogens (tertiary/aromatic N) is 4. The average Bonchev–Trinajstić information content (AvgIpc) is 2.83. The molecule has 2 rings (SSSR count). The van der Waals surface area contributed by atoms with Crippen molar-refractivity contribution in [2.75, 3.05) is 14.2 Å². The van der Waals surface area contributed by atoms with Gasteiger partial charge in [0.2, 0.25) is 11.8 Å². The normalized spacial score (nSPS) is 12.2. The number of aryl methyl sites for hydroxylation is 1. The minimum atomic E-state index is -0.987. The van der Waals surface area contributed by atoms with Crippen molar-refractivity contribution in [2.45, 2.75) is 6.10 Å². The molecule has 0 saturated heterocycles. The summed E-state index contributed by atoms with van der Waals surface area (Å²) in [5.74, 6) is 0.538. The van der Waals surface area contributed by atoms with Crippen LogP contribution >= 0.6 is 0 Å². The second-order valence-electron chi connectivity index (χ2n) is 3.67. The molecule has 0 amide bonds. The number of aromatic nitrogens is 4. The van der Waals surface area contributed by atoms with Crippen LogP contribution in [-0.4, -0.2) is 38.8 Å². The molecule has 0 bridgehead atoms. The summed E-state index contributed by atoms with van der Waals surface area (Å²) in [7, 11) is 4.76. The molecule has 0 radical (unpaired) electrons. The SMILES string of the molecule is COc1cnc(C(O)c2cn(C)cn2)c(OC)n1. The highest BCUT2D eigenvalue weighted by atomic mass is 16.5. The van der Waals surface area contributed by atoms with E-state index in [9.17, 15) is 5.11 Å². The van der Waals surface area contributed by atoms with Gasteiger partial charge >= 0.3 is 0 Å². The number of ether oxygens (including phenoxy) is 2. The van der Waals surface area contributed by atoms with Crippen molar-refractivity contribution in [3.8, 4) is 11.8 Å². The van der Waals surface area contributed by atoms with Crippen LogP contribution in [-0.2, 0) is 7.05 Å². The van der Waals surface area contributed by atoms with Crippen molar-refractivity contribution in [3.63, 3.8) is 0 Å². The number of aliphatic hydroxyl groups is 1. The van der Waals surface area contributed by atoms with E-state index in [0.29, 0.717) is 17.3 Å². The standard InChI is InChI=1S/C11H14N4O3/c1-15-5-7(13-6-15)10(16)9-11(18-3)14-8(17-2)4-12-9/h4-6,10,16H,1-3H3. The lowest BCUT2D eigenvalue weighted by Gasteiger charge is -2.11. The fourth-order valence-electron chi connectivity index (χ4n) is 1.52. The molecule has 0 fully saturated rings. The highest BCUT2D eigenvalue weighted by Crippen LogP contribution is 2.26. The van der Waals surface area contributed by atoms with E-state index in [4.69, 9.17) is 9.47 Å². The Morgan fingerprint density at radius 3 is 2.61 bits per heavy atom. The number of aliphatic hydroxyl groups excluding tert-OH is 1. The molecule has 18 heavy (non-hydrogen) atoms. The molecule has 96 valence electrons. The van der Waals surface area contributed by atoms with E-state index in [2.05, 4.69) is 15.0 Å². The molecule has 0 aliphatic carbocycles. The van der Waals surface area contributed by atoms with E-state index in [0.717, 1.165) is 0 Å². The molecule has 0 saturated carbocycles. The van der Waals surface area contributed by atoms with Gasteiger partial charge in [0.1, 0.15) is 11.8 Å². The summed E-state index contributed by atoms with van der Waals surface area (Å²) < 4.78 is 11.8. The summed E-state index contributed by atoms with van der Waals surface area (Å²) in [4.78, 5) is 12.2. The largest absolute Gasteiger partial charge is 0.480 e. The molecule has 0 aliphatic rings. The highest BCUT2D eigenvalue weighted by Gasteiger charge is 2.21. The summed E-state index contributed by atoms with van der Waals surface area (Å²) >= 11 is 0. The third-order valence-electron chi connectivity index (χ3n) is 2.41. The third kappa shape index (κ3) is 2.25. The van der Waals surface area contributed by atoms with Gasteiger partial charge in [-0.25, -0.2) is 9.97 Å². The zero-order valence-electron chi connectivity index (χ0n) is 10.4. The van der Waals surface area contributed by atoms with Gasteiger partial charge < -0.3 is 19.1 Å². The number of hydrogen-bond acceptors (Lipinski definition) is 6. The van der Waals surface area contributed by atoms with Gasteiger partial charge in [-0.2, -0.15) is 4.98 Å².